The molecule has 2 rings (SSSR count). The van der Waals surface area contributed by atoms with E-state index in [0.717, 1.165) is 9.78 Å². The molecule has 0 fully saturated rings. The third-order valence-corrected chi connectivity index (χ3v) is 5.06. The summed E-state index contributed by atoms with van der Waals surface area (Å²) in [6.45, 7) is 3.55. The summed E-state index contributed by atoms with van der Waals surface area (Å²) in [6.07, 6.45) is 0. The van der Waals surface area contributed by atoms with Gasteiger partial charge in [0.05, 0.1) is 13.1 Å². The lowest BCUT2D eigenvalue weighted by Gasteiger charge is -2.17. The number of hydrogen-bond acceptors (Lipinski definition) is 4. The summed E-state index contributed by atoms with van der Waals surface area (Å²) in [6, 6.07) is 10.7. The van der Waals surface area contributed by atoms with Crippen LogP contribution in [0.1, 0.15) is 22.2 Å². The average Bonchev–Trinajstić information content (AvgIpc) is 3.19. The Bertz CT molecular complexity index is 788. The van der Waals surface area contributed by atoms with Crippen LogP contribution in [-0.4, -0.2) is 56.4 Å². The van der Waals surface area contributed by atoms with Crippen molar-refractivity contribution in [2.45, 2.75) is 13.5 Å². The van der Waals surface area contributed by atoms with E-state index in [9.17, 15) is 14.4 Å². The van der Waals surface area contributed by atoms with Crippen LogP contribution in [0.25, 0.3) is 0 Å². The number of benzene rings is 1. The molecule has 0 radical (unpaired) electrons. The number of hydrogen-bond donors (Lipinski definition) is 3. The Morgan fingerprint density at radius 2 is 1.71 bits per heavy atom. The van der Waals surface area contributed by atoms with Gasteiger partial charge in [0, 0.05) is 30.2 Å². The predicted octanol–water partition coefficient (Wildman–Crippen LogP) is 0.610. The molecule has 28 heavy (non-hydrogen) atoms. The predicted molar refractivity (Wildman–Crippen MR) is 110 cm³/mol. The molecular weight excluding hydrogens is 376 g/mol. The van der Waals surface area contributed by atoms with E-state index in [2.05, 4.69) is 10.6 Å². The lowest BCUT2D eigenvalue weighted by molar-refractivity contribution is -0.881. The fraction of sp³-hybridized carbons (Fsp3) is 0.350. The fourth-order valence-corrected chi connectivity index (χ4v) is 3.23. The fourth-order valence-electron chi connectivity index (χ4n) is 2.59. The highest BCUT2D eigenvalue weighted by Crippen LogP contribution is 2.10. The molecule has 0 spiro atoms. The second-order valence-electron chi connectivity index (χ2n) is 6.64. The van der Waals surface area contributed by atoms with E-state index < -0.39 is 0 Å². The first-order valence-corrected chi connectivity index (χ1v) is 10.0. The number of quaternary nitrogens is 1. The minimum atomic E-state index is -0.172. The summed E-state index contributed by atoms with van der Waals surface area (Å²) in [5.74, 6) is -0.341. The molecule has 1 aromatic carbocycles. The van der Waals surface area contributed by atoms with Crippen LogP contribution < -0.4 is 15.5 Å². The van der Waals surface area contributed by atoms with Crippen molar-refractivity contribution in [2.75, 3.05) is 39.0 Å². The number of carbonyl (C=O) groups is 3. The van der Waals surface area contributed by atoms with E-state index >= 15 is 0 Å². The highest BCUT2D eigenvalue weighted by Gasteiger charge is 2.17. The smallest absolute Gasteiger partial charge is 0.279 e. The number of rotatable bonds is 9. The average molecular weight is 404 g/mol. The molecule has 1 unspecified atom stereocenters. The van der Waals surface area contributed by atoms with Gasteiger partial charge >= 0.3 is 0 Å². The molecule has 0 aliphatic carbocycles. The van der Waals surface area contributed by atoms with Crippen molar-refractivity contribution in [3.8, 4) is 0 Å². The van der Waals surface area contributed by atoms with Crippen LogP contribution in [0, 0.1) is 0 Å². The summed E-state index contributed by atoms with van der Waals surface area (Å²) >= 11 is 1.60. The minimum absolute atomic E-state index is 0.0791. The lowest BCUT2D eigenvalue weighted by Crippen LogP contribution is -3.13. The van der Waals surface area contributed by atoms with Gasteiger partial charge in [0.15, 0.2) is 13.1 Å². The van der Waals surface area contributed by atoms with Gasteiger partial charge < -0.3 is 20.4 Å². The molecule has 3 N–H and O–H groups in total. The zero-order valence-corrected chi connectivity index (χ0v) is 17.3. The van der Waals surface area contributed by atoms with Crippen LogP contribution in [0.15, 0.2) is 41.8 Å². The number of amides is 3. The lowest BCUT2D eigenvalue weighted by atomic mass is 10.2. The highest BCUT2D eigenvalue weighted by atomic mass is 32.1. The van der Waals surface area contributed by atoms with Crippen LogP contribution in [-0.2, 0) is 16.1 Å². The van der Waals surface area contributed by atoms with Crippen LogP contribution in [0.2, 0.25) is 0 Å². The van der Waals surface area contributed by atoms with Crippen molar-refractivity contribution in [1.82, 2.24) is 10.2 Å². The molecule has 150 valence electrons. The summed E-state index contributed by atoms with van der Waals surface area (Å²) in [7, 11) is 3.38. The molecule has 8 heteroatoms. The van der Waals surface area contributed by atoms with Gasteiger partial charge in [-0.1, -0.05) is 6.07 Å². The Labute approximate surface area is 169 Å². The summed E-state index contributed by atoms with van der Waals surface area (Å²) in [5.41, 5.74) is 1.18. The van der Waals surface area contributed by atoms with Crippen LogP contribution >= 0.6 is 11.3 Å². The van der Waals surface area contributed by atoms with Crippen molar-refractivity contribution in [2.24, 2.45) is 0 Å². The van der Waals surface area contributed by atoms with Crippen LogP contribution in [0.4, 0.5) is 5.69 Å². The molecule has 1 atom stereocenters. The first-order chi connectivity index (χ1) is 13.4. The second kappa shape index (κ2) is 10.6. The Hall–Kier alpha value is -2.71. The molecule has 1 heterocycles. The van der Waals surface area contributed by atoms with Gasteiger partial charge in [-0.3, -0.25) is 14.4 Å². The SMILES string of the molecule is CC[NH+](CC(=O)NCc1cccs1)CC(=O)Nc1ccc(C(=O)N(C)C)cc1. The van der Waals surface area contributed by atoms with E-state index in [4.69, 9.17) is 0 Å². The number of nitrogens with zero attached hydrogens (tertiary/aromatic N) is 1. The van der Waals surface area contributed by atoms with E-state index in [1.165, 1.54) is 4.90 Å². The molecule has 0 aliphatic rings. The molecule has 7 nitrogen and oxygen atoms in total. The van der Waals surface area contributed by atoms with Crippen molar-refractivity contribution in [1.29, 1.82) is 0 Å². The Kier molecular flexibility index (Phi) is 8.16. The zero-order chi connectivity index (χ0) is 20.5. The maximum atomic E-state index is 12.3. The number of anilines is 1. The quantitative estimate of drug-likeness (QED) is 0.574. The number of nitrogens with one attached hydrogen (secondary N) is 3. The molecule has 0 saturated heterocycles. The normalized spacial score (nSPS) is 11.5. The highest BCUT2D eigenvalue weighted by molar-refractivity contribution is 7.09. The Morgan fingerprint density at radius 3 is 2.29 bits per heavy atom. The first-order valence-electron chi connectivity index (χ1n) is 9.13. The van der Waals surface area contributed by atoms with Crippen LogP contribution in [0.3, 0.4) is 0 Å². The van der Waals surface area contributed by atoms with Crippen LogP contribution in [0.5, 0.6) is 0 Å². The van der Waals surface area contributed by atoms with E-state index in [0.29, 0.717) is 24.3 Å². The molecule has 2 aromatic rings. The van der Waals surface area contributed by atoms with Gasteiger partial charge in [-0.05, 0) is 42.6 Å². The molecule has 1 aromatic heterocycles. The van der Waals surface area contributed by atoms with Gasteiger partial charge in [0.1, 0.15) is 0 Å². The maximum Gasteiger partial charge on any atom is 0.279 e. The maximum absolute atomic E-state index is 12.3. The first kappa shape index (κ1) is 21.6. The molecule has 3 amide bonds. The molecule has 0 bridgehead atoms. The largest absolute Gasteiger partial charge is 0.346 e. The standard InChI is InChI=1S/C20H26N4O3S/c1-4-24(13-18(25)21-12-17-6-5-11-28-17)14-19(26)22-16-9-7-15(8-10-16)20(27)23(2)3/h5-11H,4,12-14H2,1-3H3,(H,21,25)(H,22,26)/p+1. The second-order valence-corrected chi connectivity index (χ2v) is 7.67. The zero-order valence-electron chi connectivity index (χ0n) is 16.5. The summed E-state index contributed by atoms with van der Waals surface area (Å²) in [5, 5.41) is 7.67. The Morgan fingerprint density at radius 1 is 1.04 bits per heavy atom. The summed E-state index contributed by atoms with van der Waals surface area (Å²) in [4.78, 5) is 39.8. The van der Waals surface area contributed by atoms with Gasteiger partial charge in [-0.25, -0.2) is 0 Å². The third-order valence-electron chi connectivity index (χ3n) is 4.18. The van der Waals surface area contributed by atoms with Crippen molar-refractivity contribution >= 4 is 34.7 Å². The monoisotopic (exact) mass is 403 g/mol. The van der Waals surface area contributed by atoms with Gasteiger partial charge in [0.2, 0.25) is 0 Å². The van der Waals surface area contributed by atoms with E-state index in [1.54, 1.807) is 49.7 Å². The summed E-state index contributed by atoms with van der Waals surface area (Å²) < 4.78 is 0. The third kappa shape index (κ3) is 6.79. The Balaban J connectivity index is 1.81. The molecular formula is C20H27N4O3S+. The van der Waals surface area contributed by atoms with Gasteiger partial charge in [-0.15, -0.1) is 11.3 Å². The number of thiophene rings is 1. The van der Waals surface area contributed by atoms with Crippen molar-refractivity contribution in [3.05, 3.63) is 52.2 Å². The topological polar surface area (TPSA) is 83.0 Å². The number of carbonyl (C=O) groups excluding carboxylic acids is 3. The van der Waals surface area contributed by atoms with Crippen molar-refractivity contribution < 1.29 is 19.3 Å². The molecule has 0 aliphatic heterocycles. The molecule has 0 saturated carbocycles. The van der Waals surface area contributed by atoms with Gasteiger partial charge in [-0.2, -0.15) is 0 Å². The minimum Gasteiger partial charge on any atom is -0.346 e. The number of likely N-dealkylation sites (N-methyl/N-ethyl adjacent to an activating group) is 1. The van der Waals surface area contributed by atoms with E-state index in [1.807, 2.05) is 24.4 Å². The van der Waals surface area contributed by atoms with Gasteiger partial charge in [0.25, 0.3) is 17.7 Å². The van der Waals surface area contributed by atoms with Crippen molar-refractivity contribution in [3.63, 3.8) is 0 Å². The van der Waals surface area contributed by atoms with E-state index in [-0.39, 0.29) is 30.8 Å².